The van der Waals surface area contributed by atoms with Gasteiger partial charge in [-0.2, -0.15) is 5.10 Å². The molecule has 8 heteroatoms. The Balaban J connectivity index is 1.52. The van der Waals surface area contributed by atoms with Crippen LogP contribution in [-0.4, -0.2) is 31.5 Å². The minimum absolute atomic E-state index is 0.000264. The predicted octanol–water partition coefficient (Wildman–Crippen LogP) is 1.53. The summed E-state index contributed by atoms with van der Waals surface area (Å²) in [6, 6.07) is 1.84. The zero-order valence-electron chi connectivity index (χ0n) is 15.5. The first-order valence-corrected chi connectivity index (χ1v) is 9.38. The summed E-state index contributed by atoms with van der Waals surface area (Å²) in [6.07, 6.45) is 5.69. The van der Waals surface area contributed by atoms with Crippen molar-refractivity contribution in [2.75, 3.05) is 0 Å². The quantitative estimate of drug-likeness (QED) is 0.807. The van der Waals surface area contributed by atoms with Crippen molar-refractivity contribution < 1.29 is 9.32 Å². The Morgan fingerprint density at radius 2 is 2.27 bits per heavy atom. The monoisotopic (exact) mass is 361 g/mol. The molecule has 0 fully saturated rings. The molecule has 142 valence electrons. The molecule has 8 nitrogen and oxygen atoms in total. The second-order valence-corrected chi connectivity index (χ2v) is 7.33. The van der Waals surface area contributed by atoms with Crippen LogP contribution >= 0.6 is 0 Å². The van der Waals surface area contributed by atoms with Crippen LogP contribution in [0.15, 0.2) is 21.6 Å². The number of rotatable bonds is 7. The molecule has 2 aromatic rings. The number of fused-ring (bicyclic) bond motifs is 1. The van der Waals surface area contributed by atoms with Gasteiger partial charge < -0.3 is 9.84 Å². The van der Waals surface area contributed by atoms with E-state index in [1.54, 1.807) is 21.5 Å². The fourth-order valence-electron chi connectivity index (χ4n) is 3.21. The number of carbonyl (C=O) groups excluding carboxylic acids is 1. The Morgan fingerprint density at radius 1 is 1.42 bits per heavy atom. The lowest BCUT2D eigenvalue weighted by molar-refractivity contribution is -0.121. The van der Waals surface area contributed by atoms with E-state index in [-0.39, 0.29) is 17.6 Å². The van der Waals surface area contributed by atoms with Crippen LogP contribution < -0.4 is 11.0 Å². The Hall–Kier alpha value is -2.38. The molecule has 1 unspecified atom stereocenters. The number of aromatic nitrogens is 4. The van der Waals surface area contributed by atoms with Crippen molar-refractivity contribution >= 4 is 5.91 Å². The molecular formula is C18H27N5O3. The van der Waals surface area contributed by atoms with Gasteiger partial charge >= 0.3 is 5.69 Å². The maximum Gasteiger partial charge on any atom is 0.345 e. The molecule has 0 bridgehead atoms. The van der Waals surface area contributed by atoms with Gasteiger partial charge in [0.25, 0.3) is 0 Å². The Morgan fingerprint density at radius 3 is 3.00 bits per heavy atom. The fraction of sp³-hybridized carbons (Fsp3) is 0.667. The van der Waals surface area contributed by atoms with Crippen LogP contribution in [-0.2, 0) is 30.7 Å². The third kappa shape index (κ3) is 4.62. The fourth-order valence-corrected chi connectivity index (χ4v) is 3.21. The molecule has 1 atom stereocenters. The van der Waals surface area contributed by atoms with Crippen molar-refractivity contribution in [3.63, 3.8) is 0 Å². The van der Waals surface area contributed by atoms with Crippen molar-refractivity contribution in [3.8, 4) is 0 Å². The first-order chi connectivity index (χ1) is 12.5. The molecule has 3 heterocycles. The summed E-state index contributed by atoms with van der Waals surface area (Å²) in [4.78, 5) is 24.6. The van der Waals surface area contributed by atoms with Crippen LogP contribution in [0.25, 0.3) is 0 Å². The van der Waals surface area contributed by atoms with Crippen molar-refractivity contribution in [1.82, 2.24) is 24.8 Å². The molecule has 1 aliphatic heterocycles. The van der Waals surface area contributed by atoms with Gasteiger partial charge in [0.05, 0.1) is 6.20 Å². The summed E-state index contributed by atoms with van der Waals surface area (Å²) in [7, 11) is 0. The summed E-state index contributed by atoms with van der Waals surface area (Å²) in [5.74, 6) is 2.08. The third-order valence-electron chi connectivity index (χ3n) is 4.79. The van der Waals surface area contributed by atoms with Gasteiger partial charge in [-0.25, -0.2) is 9.48 Å². The van der Waals surface area contributed by atoms with Gasteiger partial charge in [0.15, 0.2) is 0 Å². The lowest BCUT2D eigenvalue weighted by Crippen LogP contribution is -2.36. The largest absolute Gasteiger partial charge is 0.361 e. The van der Waals surface area contributed by atoms with Crippen LogP contribution in [0.1, 0.15) is 51.1 Å². The number of hydrogen-bond donors (Lipinski definition) is 1. The molecular weight excluding hydrogens is 334 g/mol. The number of hydrogen-bond acceptors (Lipinski definition) is 5. The van der Waals surface area contributed by atoms with Gasteiger partial charge in [0.1, 0.15) is 11.6 Å². The van der Waals surface area contributed by atoms with Crippen molar-refractivity contribution in [2.24, 2.45) is 5.92 Å². The molecule has 0 aromatic carbocycles. The highest BCUT2D eigenvalue weighted by Gasteiger charge is 2.22. The molecule has 0 aliphatic carbocycles. The molecule has 3 rings (SSSR count). The normalized spacial score (nSPS) is 17.1. The second-order valence-electron chi connectivity index (χ2n) is 7.33. The molecule has 0 radical (unpaired) electrons. The lowest BCUT2D eigenvalue weighted by Gasteiger charge is -2.15. The standard InChI is InChI=1S/C18H27N5O3/c1-13(2)8-12-23-18(25)22-11-9-14(3-5-16(22)21-23)20-17(24)6-4-15-7-10-19-26-15/h7,10,13-14H,3-6,8-9,11-12H2,1-2H3,(H,20,24). The highest BCUT2D eigenvalue weighted by molar-refractivity contribution is 5.76. The Bertz CT molecular complexity index is 775. The van der Waals surface area contributed by atoms with E-state index in [9.17, 15) is 9.59 Å². The predicted molar refractivity (Wildman–Crippen MR) is 95.6 cm³/mol. The smallest absolute Gasteiger partial charge is 0.345 e. The molecule has 1 aliphatic rings. The number of aryl methyl sites for hydroxylation is 3. The average molecular weight is 361 g/mol. The van der Waals surface area contributed by atoms with E-state index in [1.165, 1.54) is 0 Å². The third-order valence-corrected chi connectivity index (χ3v) is 4.79. The van der Waals surface area contributed by atoms with Gasteiger partial charge in [-0.3, -0.25) is 9.36 Å². The van der Waals surface area contributed by atoms with Gasteiger partial charge in [-0.05, 0) is 25.2 Å². The maximum atomic E-state index is 12.5. The van der Waals surface area contributed by atoms with Gasteiger partial charge in [0.2, 0.25) is 5.91 Å². The zero-order valence-corrected chi connectivity index (χ0v) is 15.5. The molecule has 1 N–H and O–H groups in total. The molecule has 0 saturated heterocycles. The highest BCUT2D eigenvalue weighted by atomic mass is 16.5. The topological polar surface area (TPSA) is 95.0 Å². The second kappa shape index (κ2) is 8.33. The van der Waals surface area contributed by atoms with Crippen LogP contribution in [0.4, 0.5) is 0 Å². The van der Waals surface area contributed by atoms with Crippen LogP contribution in [0.5, 0.6) is 0 Å². The molecule has 0 spiro atoms. The van der Waals surface area contributed by atoms with Crippen LogP contribution in [0, 0.1) is 5.92 Å². The van der Waals surface area contributed by atoms with Crippen molar-refractivity contribution in [3.05, 3.63) is 34.3 Å². The van der Waals surface area contributed by atoms with Gasteiger partial charge in [0, 0.05) is 44.5 Å². The Kier molecular flexibility index (Phi) is 5.90. The maximum absolute atomic E-state index is 12.5. The highest BCUT2D eigenvalue weighted by Crippen LogP contribution is 2.13. The van der Waals surface area contributed by atoms with Gasteiger partial charge in [-0.1, -0.05) is 19.0 Å². The summed E-state index contributed by atoms with van der Waals surface area (Å²) < 4.78 is 8.36. The molecule has 26 heavy (non-hydrogen) atoms. The SMILES string of the molecule is CC(C)CCn1nc2n(c1=O)CCC(NC(=O)CCc1ccno1)CC2. The lowest BCUT2D eigenvalue weighted by atomic mass is 10.1. The van der Waals surface area contributed by atoms with E-state index in [2.05, 4.69) is 29.4 Å². The van der Waals surface area contributed by atoms with E-state index in [4.69, 9.17) is 4.52 Å². The van der Waals surface area contributed by atoms with E-state index in [1.807, 2.05) is 0 Å². The minimum Gasteiger partial charge on any atom is -0.361 e. The van der Waals surface area contributed by atoms with E-state index in [0.717, 1.165) is 25.1 Å². The summed E-state index contributed by atoms with van der Waals surface area (Å²) in [5, 5.41) is 11.2. The summed E-state index contributed by atoms with van der Waals surface area (Å²) >= 11 is 0. The Labute approximate surface area is 152 Å². The summed E-state index contributed by atoms with van der Waals surface area (Å²) in [5.41, 5.74) is -0.0297. The molecule has 2 aromatic heterocycles. The van der Waals surface area contributed by atoms with Crippen molar-refractivity contribution in [1.29, 1.82) is 0 Å². The van der Waals surface area contributed by atoms with Crippen molar-refractivity contribution in [2.45, 2.75) is 71.5 Å². The number of amides is 1. The number of carbonyl (C=O) groups is 1. The van der Waals surface area contributed by atoms with E-state index in [0.29, 0.717) is 44.0 Å². The first-order valence-electron chi connectivity index (χ1n) is 9.38. The van der Waals surface area contributed by atoms with Gasteiger partial charge in [-0.15, -0.1) is 0 Å². The molecule has 1 amide bonds. The van der Waals surface area contributed by atoms with Crippen LogP contribution in [0.2, 0.25) is 0 Å². The minimum atomic E-state index is -0.0297. The number of nitrogens with one attached hydrogen (secondary N) is 1. The zero-order chi connectivity index (χ0) is 18.5. The first kappa shape index (κ1) is 18.4. The number of nitrogens with zero attached hydrogens (tertiary/aromatic N) is 4. The molecule has 0 saturated carbocycles. The summed E-state index contributed by atoms with van der Waals surface area (Å²) in [6.45, 7) is 5.55. The average Bonchev–Trinajstić information content (AvgIpc) is 3.17. The van der Waals surface area contributed by atoms with Crippen LogP contribution in [0.3, 0.4) is 0 Å². The van der Waals surface area contributed by atoms with E-state index < -0.39 is 0 Å². The van der Waals surface area contributed by atoms with E-state index >= 15 is 0 Å².